The molecule has 6 nitrogen and oxygen atoms in total. The molecule has 0 amide bonds. The SMILES string of the molecule is C=C(C)[C@H]1CC[C@@]2(C(=O)O)CC[C@]3(C)[C@@H](CC[C@H]4[C@@]5(C)CC(=Cc6cccc([NH+]([O-])O)c6)C(=O)C(C)(C)[C@@H]5CC[C@]43C)[C@H]12. The summed E-state index contributed by atoms with van der Waals surface area (Å²) in [5.74, 6) is 1.06. The predicted molar refractivity (Wildman–Crippen MR) is 167 cm³/mol. The smallest absolute Gasteiger partial charge is 0.309 e. The van der Waals surface area contributed by atoms with Crippen LogP contribution in [0.4, 0.5) is 5.69 Å². The van der Waals surface area contributed by atoms with Gasteiger partial charge < -0.3 is 10.3 Å². The summed E-state index contributed by atoms with van der Waals surface area (Å²) in [6.45, 7) is 18.2. The molecule has 3 N–H and O–H groups in total. The lowest BCUT2D eigenvalue weighted by Gasteiger charge is -2.72. The number of carbonyl (C=O) groups excluding carboxylic acids is 1. The van der Waals surface area contributed by atoms with E-state index in [0.717, 1.165) is 68.1 Å². The minimum Gasteiger partial charge on any atom is -0.595 e. The van der Waals surface area contributed by atoms with Crippen LogP contribution in [0, 0.1) is 61.9 Å². The third kappa shape index (κ3) is 4.08. The number of quaternary nitrogens is 1. The molecule has 5 fully saturated rings. The molecule has 0 saturated heterocycles. The third-order valence-corrected chi connectivity index (χ3v) is 14.6. The number of carbonyl (C=O) groups is 2. The number of fused-ring (bicyclic) bond motifs is 7. The highest BCUT2D eigenvalue weighted by molar-refractivity contribution is 6.04. The minimum atomic E-state index is -0.967. The van der Waals surface area contributed by atoms with Gasteiger partial charge in [-0.1, -0.05) is 58.9 Å². The fraction of sp³-hybridized carbons (Fsp3) is 0.676. The van der Waals surface area contributed by atoms with Gasteiger partial charge in [0.2, 0.25) is 0 Å². The Morgan fingerprint density at radius 1 is 1.00 bits per heavy atom. The van der Waals surface area contributed by atoms with E-state index in [1.165, 1.54) is 0 Å². The van der Waals surface area contributed by atoms with Gasteiger partial charge in [0, 0.05) is 17.5 Å². The van der Waals surface area contributed by atoms with Crippen molar-refractivity contribution in [2.75, 3.05) is 0 Å². The summed E-state index contributed by atoms with van der Waals surface area (Å²) in [7, 11) is 0. The maximum Gasteiger partial charge on any atom is 0.309 e. The first-order valence-electron chi connectivity index (χ1n) is 16.5. The summed E-state index contributed by atoms with van der Waals surface area (Å²) in [6.07, 6.45) is 10.2. The standard InChI is InChI=1S/C37H51NO5/c1-22(2)26-13-16-37(32(40)41)18-17-35(6)27(30(26)37)11-12-29-34(5)21-24(19-23-9-8-10-25(20-23)38(42)43)31(39)33(3,4)28(34)14-15-36(29,35)7/h8-10,19-20,26-30,38,42H,1,11-18,21H2,2-7H3,(H,40,41)/t26-,27+,28+,29+,30+,34+,35-,36-,37-/m1/s1. The van der Waals surface area contributed by atoms with Crippen molar-refractivity contribution in [3.05, 3.63) is 52.8 Å². The van der Waals surface area contributed by atoms with E-state index < -0.39 is 22.0 Å². The van der Waals surface area contributed by atoms with E-state index in [4.69, 9.17) is 0 Å². The molecule has 5 aliphatic carbocycles. The van der Waals surface area contributed by atoms with Gasteiger partial charge in [0.05, 0.1) is 5.41 Å². The van der Waals surface area contributed by atoms with E-state index in [9.17, 15) is 25.1 Å². The van der Waals surface area contributed by atoms with E-state index in [1.54, 1.807) is 18.2 Å². The highest BCUT2D eigenvalue weighted by Gasteiger charge is 2.72. The van der Waals surface area contributed by atoms with Crippen molar-refractivity contribution in [1.29, 1.82) is 0 Å². The van der Waals surface area contributed by atoms with Crippen LogP contribution in [0.25, 0.3) is 6.08 Å². The topological polar surface area (TPSA) is 102 Å². The molecule has 43 heavy (non-hydrogen) atoms. The second-order valence-corrected chi connectivity index (χ2v) is 16.5. The zero-order valence-corrected chi connectivity index (χ0v) is 27.0. The molecule has 10 atom stereocenters. The number of carboxylic acids is 1. The number of ketones is 1. The van der Waals surface area contributed by atoms with E-state index >= 15 is 0 Å². The Morgan fingerprint density at radius 2 is 1.72 bits per heavy atom. The second kappa shape index (κ2) is 9.86. The lowest BCUT2D eigenvalue weighted by atomic mass is 9.32. The summed E-state index contributed by atoms with van der Waals surface area (Å²) >= 11 is 0. The molecule has 6 rings (SSSR count). The van der Waals surface area contributed by atoms with Gasteiger partial charge in [-0.15, -0.1) is 0 Å². The number of nitrogens with one attached hydrogen (secondary N) is 1. The van der Waals surface area contributed by atoms with Crippen molar-refractivity contribution in [3.8, 4) is 0 Å². The van der Waals surface area contributed by atoms with Crippen LogP contribution in [-0.2, 0) is 9.59 Å². The molecular weight excluding hydrogens is 538 g/mol. The second-order valence-electron chi connectivity index (χ2n) is 16.5. The average Bonchev–Trinajstić information content (AvgIpc) is 3.34. The molecule has 0 radical (unpaired) electrons. The van der Waals surface area contributed by atoms with Crippen LogP contribution < -0.4 is 5.23 Å². The van der Waals surface area contributed by atoms with Gasteiger partial charge in [-0.25, -0.2) is 5.21 Å². The zero-order valence-electron chi connectivity index (χ0n) is 27.0. The van der Waals surface area contributed by atoms with Crippen LogP contribution >= 0.6 is 0 Å². The molecule has 0 aromatic heterocycles. The Morgan fingerprint density at radius 3 is 2.37 bits per heavy atom. The summed E-state index contributed by atoms with van der Waals surface area (Å²) in [6, 6.07) is 6.89. The lowest BCUT2D eigenvalue weighted by molar-refractivity contribution is -0.991. The van der Waals surface area contributed by atoms with Gasteiger partial charge in [-0.3, -0.25) is 9.59 Å². The van der Waals surface area contributed by atoms with Gasteiger partial charge in [-0.2, -0.15) is 5.23 Å². The van der Waals surface area contributed by atoms with Crippen molar-refractivity contribution in [3.63, 3.8) is 0 Å². The zero-order chi connectivity index (χ0) is 31.3. The summed E-state index contributed by atoms with van der Waals surface area (Å²) in [5, 5.41) is 30.9. The Labute approximate surface area is 257 Å². The van der Waals surface area contributed by atoms with E-state index in [-0.39, 0.29) is 45.5 Å². The average molecular weight is 590 g/mol. The Bertz CT molecular complexity index is 1390. The summed E-state index contributed by atoms with van der Waals surface area (Å²) in [4.78, 5) is 27.0. The Balaban J connectivity index is 1.41. The molecule has 1 unspecified atom stereocenters. The van der Waals surface area contributed by atoms with Crippen molar-refractivity contribution in [2.24, 2.45) is 56.7 Å². The number of aliphatic carboxylic acids is 1. The number of rotatable bonds is 4. The summed E-state index contributed by atoms with van der Waals surface area (Å²) in [5.41, 5.74) is 1.80. The first kappa shape index (κ1) is 30.7. The van der Waals surface area contributed by atoms with Gasteiger partial charge in [0.1, 0.15) is 0 Å². The fourth-order valence-corrected chi connectivity index (χ4v) is 12.5. The molecule has 5 saturated carbocycles. The molecule has 5 aliphatic rings. The van der Waals surface area contributed by atoms with Crippen molar-refractivity contribution in [1.82, 2.24) is 0 Å². The van der Waals surface area contributed by atoms with Crippen LogP contribution in [0.2, 0.25) is 0 Å². The molecule has 0 spiro atoms. The number of benzene rings is 1. The molecule has 6 heteroatoms. The van der Waals surface area contributed by atoms with Gasteiger partial charge in [0.15, 0.2) is 11.5 Å². The van der Waals surface area contributed by atoms with Crippen molar-refractivity contribution < 1.29 is 25.1 Å². The molecule has 0 bridgehead atoms. The van der Waals surface area contributed by atoms with Crippen LogP contribution in [0.5, 0.6) is 0 Å². The normalized spacial score (nSPS) is 45.0. The van der Waals surface area contributed by atoms with Gasteiger partial charge in [-0.05, 0) is 128 Å². The highest BCUT2D eigenvalue weighted by atomic mass is 16.8. The fourth-order valence-electron chi connectivity index (χ4n) is 12.5. The number of carboxylic acid groups (broad SMARTS) is 1. The minimum absolute atomic E-state index is 0.0247. The van der Waals surface area contributed by atoms with Crippen LogP contribution in [0.1, 0.15) is 105 Å². The van der Waals surface area contributed by atoms with Crippen LogP contribution in [0.15, 0.2) is 42.0 Å². The van der Waals surface area contributed by atoms with E-state index in [0.29, 0.717) is 18.3 Å². The quantitative estimate of drug-likeness (QED) is 0.193. The monoisotopic (exact) mass is 589 g/mol. The third-order valence-electron chi connectivity index (χ3n) is 14.6. The molecule has 1 aromatic carbocycles. The predicted octanol–water partition coefficient (Wildman–Crippen LogP) is 7.39. The molecule has 1 aromatic rings. The van der Waals surface area contributed by atoms with Crippen molar-refractivity contribution >= 4 is 23.5 Å². The Kier molecular flexibility index (Phi) is 7.05. The van der Waals surface area contributed by atoms with Crippen molar-refractivity contribution in [2.45, 2.75) is 99.3 Å². The number of allylic oxidation sites excluding steroid dienone is 2. The highest BCUT2D eigenvalue weighted by Crippen LogP contribution is 2.77. The van der Waals surface area contributed by atoms with Gasteiger partial charge in [0.25, 0.3) is 0 Å². The molecule has 0 aliphatic heterocycles. The number of hydrogen-bond donors (Lipinski definition) is 3. The lowest BCUT2D eigenvalue weighted by Crippen LogP contribution is -2.99. The van der Waals surface area contributed by atoms with E-state index in [1.807, 2.05) is 12.1 Å². The molecule has 234 valence electrons. The largest absolute Gasteiger partial charge is 0.595 e. The number of Topliss-reactive ketones (excluding diaryl/α,β-unsaturated/α-hetero) is 1. The Hall–Kier alpha value is -2.28. The summed E-state index contributed by atoms with van der Waals surface area (Å²) < 4.78 is 0. The first-order valence-corrected chi connectivity index (χ1v) is 16.5. The van der Waals surface area contributed by atoms with E-state index in [2.05, 4.69) is 48.1 Å². The van der Waals surface area contributed by atoms with Gasteiger partial charge >= 0.3 is 5.97 Å². The number of hydrogen-bond acceptors (Lipinski definition) is 4. The maximum atomic E-state index is 14.1. The van der Waals surface area contributed by atoms with Crippen LogP contribution in [0.3, 0.4) is 0 Å². The maximum absolute atomic E-state index is 14.1. The van der Waals surface area contributed by atoms with Crippen LogP contribution in [-0.4, -0.2) is 22.1 Å². The first-order chi connectivity index (χ1) is 20.0. The molecule has 0 heterocycles. The molecular formula is C37H51NO5.